The van der Waals surface area contributed by atoms with Crippen LogP contribution in [-0.4, -0.2) is 37.1 Å². The van der Waals surface area contributed by atoms with Crippen molar-refractivity contribution in [3.8, 4) is 11.5 Å². The molecule has 0 aromatic heterocycles. The van der Waals surface area contributed by atoms with Crippen molar-refractivity contribution in [1.29, 1.82) is 0 Å². The van der Waals surface area contributed by atoms with E-state index in [0.29, 0.717) is 32.2 Å². The number of ether oxygens (including phenoxy) is 3. The fourth-order valence-corrected chi connectivity index (χ4v) is 3.78. The largest absolute Gasteiger partial charge is 0.507 e. The summed E-state index contributed by atoms with van der Waals surface area (Å²) in [5, 5.41) is 10.3. The fraction of sp³-hybridized carbons (Fsp3) is 0.615. The van der Waals surface area contributed by atoms with Gasteiger partial charge in [0.2, 0.25) is 0 Å². The molecule has 0 spiro atoms. The summed E-state index contributed by atoms with van der Waals surface area (Å²) in [5.41, 5.74) is 6.37. The highest BCUT2D eigenvalue weighted by Crippen LogP contribution is 2.43. The lowest BCUT2D eigenvalue weighted by Crippen LogP contribution is -2.41. The van der Waals surface area contributed by atoms with E-state index in [0.717, 1.165) is 53.7 Å². The van der Waals surface area contributed by atoms with E-state index in [1.165, 1.54) is 11.1 Å². The molecule has 1 atom stereocenters. The van der Waals surface area contributed by atoms with Gasteiger partial charge in [0.05, 0.1) is 26.4 Å². The van der Waals surface area contributed by atoms with Crippen LogP contribution in [0.2, 0.25) is 0 Å². The molecular weight excluding hydrogens is 376 g/mol. The first-order chi connectivity index (χ1) is 14.1. The highest BCUT2D eigenvalue weighted by molar-refractivity contribution is 5.58. The lowest BCUT2D eigenvalue weighted by atomic mass is 9.87. The molecule has 1 heterocycles. The summed E-state index contributed by atoms with van der Waals surface area (Å²) in [5.74, 6) is 1.32. The summed E-state index contributed by atoms with van der Waals surface area (Å²) < 4.78 is 18.0. The van der Waals surface area contributed by atoms with Gasteiger partial charge in [-0.25, -0.2) is 0 Å². The third-order valence-corrected chi connectivity index (χ3v) is 6.01. The van der Waals surface area contributed by atoms with E-state index in [4.69, 9.17) is 14.2 Å². The lowest BCUT2D eigenvalue weighted by Gasteiger charge is -2.37. The summed E-state index contributed by atoms with van der Waals surface area (Å²) >= 11 is 0. The Balaban J connectivity index is 1.74. The van der Waals surface area contributed by atoms with Crippen molar-refractivity contribution in [3.63, 3.8) is 0 Å². The number of rotatable bonds is 10. The van der Waals surface area contributed by atoms with Gasteiger partial charge < -0.3 is 19.3 Å². The second-order valence-corrected chi connectivity index (χ2v) is 9.08. The average molecular weight is 417 g/mol. The molecule has 0 amide bonds. The Kier molecular flexibility index (Phi) is 8.99. The van der Waals surface area contributed by atoms with Crippen LogP contribution in [0, 0.1) is 20.8 Å². The van der Waals surface area contributed by atoms with E-state index in [9.17, 15) is 5.11 Å². The summed E-state index contributed by atoms with van der Waals surface area (Å²) in [6.45, 7) is 16.8. The zero-order valence-electron chi connectivity index (χ0n) is 20.0. The number of fused-ring (bicyclic) bond motifs is 1. The van der Waals surface area contributed by atoms with Crippen LogP contribution in [-0.2, 0) is 15.9 Å². The minimum absolute atomic E-state index is 0.352. The van der Waals surface area contributed by atoms with Gasteiger partial charge in [-0.1, -0.05) is 23.3 Å². The van der Waals surface area contributed by atoms with Gasteiger partial charge in [-0.05, 0) is 90.8 Å². The van der Waals surface area contributed by atoms with Crippen LogP contribution >= 0.6 is 0 Å². The predicted molar refractivity (Wildman–Crippen MR) is 124 cm³/mol. The maximum atomic E-state index is 10.3. The molecule has 0 bridgehead atoms. The Morgan fingerprint density at radius 2 is 1.73 bits per heavy atom. The van der Waals surface area contributed by atoms with E-state index in [1.807, 2.05) is 20.8 Å². The van der Waals surface area contributed by atoms with E-state index in [-0.39, 0.29) is 5.60 Å². The van der Waals surface area contributed by atoms with Crippen molar-refractivity contribution in [1.82, 2.24) is 0 Å². The first kappa shape index (κ1) is 24.5. The molecule has 1 unspecified atom stereocenters. The monoisotopic (exact) mass is 416 g/mol. The summed E-state index contributed by atoms with van der Waals surface area (Å²) in [6.07, 6.45) is 8.36. The van der Waals surface area contributed by atoms with Gasteiger partial charge >= 0.3 is 0 Å². The Morgan fingerprint density at radius 3 is 2.43 bits per heavy atom. The third kappa shape index (κ3) is 6.61. The molecule has 1 aromatic carbocycles. The topological polar surface area (TPSA) is 47.9 Å². The molecule has 4 nitrogen and oxygen atoms in total. The molecule has 0 saturated carbocycles. The van der Waals surface area contributed by atoms with Crippen LogP contribution in [0.15, 0.2) is 23.3 Å². The van der Waals surface area contributed by atoms with Crippen molar-refractivity contribution < 1.29 is 19.3 Å². The highest BCUT2D eigenvalue weighted by Gasteiger charge is 2.34. The van der Waals surface area contributed by atoms with Crippen LogP contribution in [0.25, 0.3) is 0 Å². The summed E-state index contributed by atoms with van der Waals surface area (Å²) in [6, 6.07) is 0. The van der Waals surface area contributed by atoms with Gasteiger partial charge in [-0.3, -0.25) is 0 Å². The van der Waals surface area contributed by atoms with Crippen LogP contribution in [0.5, 0.6) is 11.5 Å². The van der Waals surface area contributed by atoms with Crippen molar-refractivity contribution >= 4 is 0 Å². The minimum Gasteiger partial charge on any atom is -0.507 e. The molecule has 0 aliphatic carbocycles. The van der Waals surface area contributed by atoms with Crippen LogP contribution in [0.3, 0.4) is 0 Å². The zero-order chi connectivity index (χ0) is 22.3. The molecule has 1 aliphatic heterocycles. The average Bonchev–Trinajstić information content (AvgIpc) is 2.69. The van der Waals surface area contributed by atoms with E-state index < -0.39 is 0 Å². The number of hydrogen-bond acceptors (Lipinski definition) is 4. The molecule has 1 N–H and O–H groups in total. The van der Waals surface area contributed by atoms with Crippen LogP contribution in [0.1, 0.15) is 69.2 Å². The molecule has 2 rings (SSSR count). The lowest BCUT2D eigenvalue weighted by molar-refractivity contribution is -0.0412. The smallest absolute Gasteiger partial charge is 0.130 e. The highest BCUT2D eigenvalue weighted by atomic mass is 16.6. The quantitative estimate of drug-likeness (QED) is 0.368. The van der Waals surface area contributed by atoms with Gasteiger partial charge in [-0.15, -0.1) is 0 Å². The Morgan fingerprint density at radius 1 is 1.03 bits per heavy atom. The Bertz CT molecular complexity index is 787. The van der Waals surface area contributed by atoms with E-state index in [1.54, 1.807) is 0 Å². The van der Waals surface area contributed by atoms with Gasteiger partial charge in [-0.2, -0.15) is 0 Å². The number of phenols is 1. The van der Waals surface area contributed by atoms with Crippen molar-refractivity contribution in [2.75, 3.05) is 26.4 Å². The first-order valence-corrected chi connectivity index (χ1v) is 11.1. The van der Waals surface area contributed by atoms with Crippen molar-refractivity contribution in [3.05, 3.63) is 45.6 Å². The van der Waals surface area contributed by atoms with Gasteiger partial charge in [0.25, 0.3) is 0 Å². The summed E-state index contributed by atoms with van der Waals surface area (Å²) in [4.78, 5) is 0. The SMILES string of the molecule is CC(C)=CCC/C(C)=C/COCCOCC1(C)CCc2c(C)c(O)c(C)c(C)c2O1. The Labute approximate surface area is 182 Å². The summed E-state index contributed by atoms with van der Waals surface area (Å²) in [7, 11) is 0. The second kappa shape index (κ2) is 11.0. The fourth-order valence-electron chi connectivity index (χ4n) is 3.78. The van der Waals surface area contributed by atoms with Gasteiger partial charge in [0, 0.05) is 5.56 Å². The third-order valence-electron chi connectivity index (χ3n) is 6.01. The molecule has 1 aliphatic rings. The second-order valence-electron chi connectivity index (χ2n) is 9.08. The van der Waals surface area contributed by atoms with Crippen molar-refractivity contribution in [2.24, 2.45) is 0 Å². The Hall–Kier alpha value is -1.78. The molecule has 0 saturated heterocycles. The number of allylic oxidation sites excluding steroid dienone is 3. The maximum Gasteiger partial charge on any atom is 0.130 e. The zero-order valence-corrected chi connectivity index (χ0v) is 20.0. The molecule has 0 radical (unpaired) electrons. The maximum absolute atomic E-state index is 10.3. The number of benzene rings is 1. The normalized spacial score (nSPS) is 18.7. The van der Waals surface area contributed by atoms with Crippen LogP contribution < -0.4 is 4.74 Å². The predicted octanol–water partition coefficient (Wildman–Crippen LogP) is 6.13. The van der Waals surface area contributed by atoms with Crippen LogP contribution in [0.4, 0.5) is 0 Å². The number of aromatic hydroxyl groups is 1. The molecule has 30 heavy (non-hydrogen) atoms. The molecule has 1 aromatic rings. The van der Waals surface area contributed by atoms with E-state index >= 15 is 0 Å². The van der Waals surface area contributed by atoms with Crippen molar-refractivity contribution in [2.45, 2.75) is 79.8 Å². The first-order valence-electron chi connectivity index (χ1n) is 11.1. The number of phenolic OH excluding ortho intramolecular Hbond substituents is 1. The number of hydrogen-bond donors (Lipinski definition) is 1. The molecule has 0 fully saturated rings. The standard InChI is InChI=1S/C26H40O4/c1-18(2)9-8-10-19(3)12-14-28-15-16-29-17-26(7)13-11-23-22(6)24(27)20(4)21(5)25(23)30-26/h9,12,27H,8,10-11,13-17H2,1-7H3/b19-12+. The molecule has 168 valence electrons. The molecular formula is C26H40O4. The molecule has 4 heteroatoms. The van der Waals surface area contributed by atoms with Gasteiger partial charge in [0.15, 0.2) is 0 Å². The minimum atomic E-state index is -0.352. The van der Waals surface area contributed by atoms with E-state index in [2.05, 4.69) is 39.8 Å². The van der Waals surface area contributed by atoms with Gasteiger partial charge in [0.1, 0.15) is 17.1 Å².